The molecule has 2 amide bonds. The Morgan fingerprint density at radius 3 is 2.54 bits per heavy atom. The summed E-state index contributed by atoms with van der Waals surface area (Å²) in [5.41, 5.74) is 1.50. The van der Waals surface area contributed by atoms with Gasteiger partial charge in [-0.1, -0.05) is 0 Å². The van der Waals surface area contributed by atoms with Crippen molar-refractivity contribution in [3.8, 4) is 0 Å². The molecule has 0 aromatic carbocycles. The van der Waals surface area contributed by atoms with Gasteiger partial charge in [0.25, 0.3) is 0 Å². The number of thiophene rings is 1. The molecule has 1 saturated heterocycles. The van der Waals surface area contributed by atoms with Crippen LogP contribution in [0.1, 0.15) is 41.6 Å². The van der Waals surface area contributed by atoms with E-state index in [1.54, 1.807) is 11.8 Å². The van der Waals surface area contributed by atoms with Crippen molar-refractivity contribution in [3.63, 3.8) is 0 Å². The molecule has 1 aromatic rings. The van der Waals surface area contributed by atoms with Crippen LogP contribution in [0.25, 0.3) is 0 Å². The Balaban J connectivity index is 1.55. The molecular formula is C19H27N3O5S. The van der Waals surface area contributed by atoms with Gasteiger partial charge < -0.3 is 19.7 Å². The van der Waals surface area contributed by atoms with Crippen molar-refractivity contribution in [2.75, 3.05) is 58.4 Å². The summed E-state index contributed by atoms with van der Waals surface area (Å²) in [7, 11) is 1.50. The first-order valence-electron chi connectivity index (χ1n) is 9.60. The van der Waals surface area contributed by atoms with E-state index in [4.69, 9.17) is 9.47 Å². The van der Waals surface area contributed by atoms with Crippen LogP contribution in [-0.2, 0) is 19.1 Å². The fourth-order valence-electron chi connectivity index (χ4n) is 3.31. The molecule has 2 aliphatic rings. The number of ether oxygens (including phenoxy) is 2. The van der Waals surface area contributed by atoms with E-state index in [0.717, 1.165) is 18.4 Å². The molecule has 28 heavy (non-hydrogen) atoms. The molecule has 0 bridgehead atoms. The molecule has 1 saturated carbocycles. The first-order valence-corrected chi connectivity index (χ1v) is 10.5. The van der Waals surface area contributed by atoms with E-state index in [-0.39, 0.29) is 30.9 Å². The maximum Gasteiger partial charge on any atom is 0.341 e. The summed E-state index contributed by atoms with van der Waals surface area (Å²) in [6.45, 7) is 4.80. The minimum absolute atomic E-state index is 0.0307. The Kier molecular flexibility index (Phi) is 7.03. The smallest absolute Gasteiger partial charge is 0.341 e. The molecule has 0 radical (unpaired) electrons. The average molecular weight is 410 g/mol. The second kappa shape index (κ2) is 9.49. The number of nitrogens with one attached hydrogen (secondary N) is 1. The van der Waals surface area contributed by atoms with Crippen molar-refractivity contribution in [1.29, 1.82) is 0 Å². The van der Waals surface area contributed by atoms with Gasteiger partial charge in [-0.25, -0.2) is 4.79 Å². The van der Waals surface area contributed by atoms with Crippen molar-refractivity contribution in [3.05, 3.63) is 16.5 Å². The summed E-state index contributed by atoms with van der Waals surface area (Å²) in [5, 5.41) is 5.42. The summed E-state index contributed by atoms with van der Waals surface area (Å²) < 4.78 is 10.1. The lowest BCUT2D eigenvalue weighted by Crippen LogP contribution is -2.51. The molecule has 0 spiro atoms. The number of esters is 1. The molecule has 1 aliphatic heterocycles. The van der Waals surface area contributed by atoms with Crippen LogP contribution >= 0.6 is 11.3 Å². The Morgan fingerprint density at radius 2 is 1.93 bits per heavy atom. The molecule has 8 nitrogen and oxygen atoms in total. The molecule has 9 heteroatoms. The van der Waals surface area contributed by atoms with Crippen LogP contribution < -0.4 is 5.32 Å². The minimum atomic E-state index is -0.369. The second-order valence-electron chi connectivity index (χ2n) is 7.03. The summed E-state index contributed by atoms with van der Waals surface area (Å²) >= 11 is 1.38. The first-order chi connectivity index (χ1) is 13.5. The SMILES string of the molecule is CCOC(=O)c1c(C2CC2)csc1NC(=O)CN1CCN(C(=O)COC)CC1. The predicted octanol–water partition coefficient (Wildman–Crippen LogP) is 1.53. The van der Waals surface area contributed by atoms with Gasteiger partial charge in [-0.05, 0) is 36.6 Å². The minimum Gasteiger partial charge on any atom is -0.462 e. The van der Waals surface area contributed by atoms with Gasteiger partial charge in [0.2, 0.25) is 11.8 Å². The zero-order chi connectivity index (χ0) is 20.1. The summed E-state index contributed by atoms with van der Waals surface area (Å²) in [6, 6.07) is 0. The van der Waals surface area contributed by atoms with E-state index in [9.17, 15) is 14.4 Å². The third-order valence-electron chi connectivity index (χ3n) is 4.93. The molecule has 1 N–H and O–H groups in total. The lowest BCUT2D eigenvalue weighted by Gasteiger charge is -2.34. The Hall–Kier alpha value is -1.97. The normalized spacial score (nSPS) is 17.4. The third-order valence-corrected chi connectivity index (χ3v) is 5.84. The zero-order valence-corrected chi connectivity index (χ0v) is 17.2. The number of hydrogen-bond acceptors (Lipinski definition) is 7. The van der Waals surface area contributed by atoms with Crippen LogP contribution in [0, 0.1) is 0 Å². The monoisotopic (exact) mass is 409 g/mol. The van der Waals surface area contributed by atoms with E-state index in [0.29, 0.717) is 49.3 Å². The summed E-state index contributed by atoms with van der Waals surface area (Å²) in [6.07, 6.45) is 2.14. The van der Waals surface area contributed by atoms with Crippen LogP contribution in [0.3, 0.4) is 0 Å². The standard InChI is InChI=1S/C19H27N3O5S/c1-3-27-19(25)17-14(13-4-5-13)12-28-18(17)20-15(23)10-21-6-8-22(9-7-21)16(24)11-26-2/h12-13H,3-11H2,1-2H3,(H,20,23). The molecule has 1 aromatic heterocycles. The van der Waals surface area contributed by atoms with Gasteiger partial charge in [-0.2, -0.15) is 0 Å². The molecule has 2 heterocycles. The van der Waals surface area contributed by atoms with E-state index >= 15 is 0 Å². The highest BCUT2D eigenvalue weighted by Gasteiger charge is 2.32. The number of carbonyl (C=O) groups is 3. The van der Waals surface area contributed by atoms with Crippen LogP contribution in [0.2, 0.25) is 0 Å². The van der Waals surface area contributed by atoms with Crippen molar-refractivity contribution in [2.24, 2.45) is 0 Å². The van der Waals surface area contributed by atoms with Gasteiger partial charge >= 0.3 is 5.97 Å². The Morgan fingerprint density at radius 1 is 1.21 bits per heavy atom. The fraction of sp³-hybridized carbons (Fsp3) is 0.632. The number of rotatable bonds is 8. The molecule has 0 unspecified atom stereocenters. The molecule has 154 valence electrons. The van der Waals surface area contributed by atoms with Crippen molar-refractivity contribution >= 4 is 34.1 Å². The number of amides is 2. The summed E-state index contributed by atoms with van der Waals surface area (Å²) in [5.74, 6) is -0.159. The van der Waals surface area contributed by atoms with Crippen LogP contribution in [0.15, 0.2) is 5.38 Å². The van der Waals surface area contributed by atoms with Crippen LogP contribution in [0.4, 0.5) is 5.00 Å². The Bertz CT molecular complexity index is 723. The largest absolute Gasteiger partial charge is 0.462 e. The van der Waals surface area contributed by atoms with Crippen LogP contribution in [-0.4, -0.2) is 80.6 Å². The number of hydrogen-bond donors (Lipinski definition) is 1. The summed E-state index contributed by atoms with van der Waals surface area (Å²) in [4.78, 5) is 40.5. The average Bonchev–Trinajstić information content (AvgIpc) is 3.43. The van der Waals surface area contributed by atoms with Gasteiger partial charge in [-0.15, -0.1) is 11.3 Å². The predicted molar refractivity (Wildman–Crippen MR) is 106 cm³/mol. The lowest BCUT2D eigenvalue weighted by molar-refractivity contribution is -0.137. The van der Waals surface area contributed by atoms with Crippen LogP contribution in [0.5, 0.6) is 0 Å². The number of anilines is 1. The number of carbonyl (C=O) groups excluding carboxylic acids is 3. The van der Waals surface area contributed by atoms with Crippen molar-refractivity contribution in [1.82, 2.24) is 9.80 Å². The molecular weight excluding hydrogens is 382 g/mol. The van der Waals surface area contributed by atoms with Gasteiger partial charge in [0, 0.05) is 33.3 Å². The van der Waals surface area contributed by atoms with Crippen molar-refractivity contribution < 1.29 is 23.9 Å². The van der Waals surface area contributed by atoms with Gasteiger partial charge in [0.05, 0.1) is 18.7 Å². The van der Waals surface area contributed by atoms with E-state index in [1.165, 1.54) is 18.4 Å². The maximum absolute atomic E-state index is 12.5. The topological polar surface area (TPSA) is 88.2 Å². The highest BCUT2D eigenvalue weighted by molar-refractivity contribution is 7.15. The highest BCUT2D eigenvalue weighted by Crippen LogP contribution is 2.46. The Labute approximate surface area is 168 Å². The number of piperazine rings is 1. The number of nitrogens with zero attached hydrogens (tertiary/aromatic N) is 2. The van der Waals surface area contributed by atoms with Crippen molar-refractivity contribution in [2.45, 2.75) is 25.7 Å². The van der Waals surface area contributed by atoms with Gasteiger partial charge in [0.15, 0.2) is 0 Å². The van der Waals surface area contributed by atoms with Gasteiger partial charge in [-0.3, -0.25) is 14.5 Å². The fourth-order valence-corrected chi connectivity index (χ4v) is 4.36. The molecule has 1 aliphatic carbocycles. The molecule has 0 atom stereocenters. The number of methoxy groups -OCH3 is 1. The zero-order valence-electron chi connectivity index (χ0n) is 16.4. The van der Waals surface area contributed by atoms with E-state index in [2.05, 4.69) is 5.32 Å². The highest BCUT2D eigenvalue weighted by atomic mass is 32.1. The first kappa shape index (κ1) is 20.8. The molecule has 2 fully saturated rings. The van der Waals surface area contributed by atoms with Gasteiger partial charge in [0.1, 0.15) is 11.6 Å². The maximum atomic E-state index is 12.5. The quantitative estimate of drug-likeness (QED) is 0.655. The van der Waals surface area contributed by atoms with E-state index < -0.39 is 0 Å². The second-order valence-corrected chi connectivity index (χ2v) is 7.91. The third kappa shape index (κ3) is 5.09. The van der Waals surface area contributed by atoms with E-state index in [1.807, 2.05) is 10.3 Å². The lowest BCUT2D eigenvalue weighted by atomic mass is 10.1. The molecule has 3 rings (SSSR count).